The highest BCUT2D eigenvalue weighted by Crippen LogP contribution is 2.28. The van der Waals surface area contributed by atoms with Gasteiger partial charge >= 0.3 is 6.61 Å². The van der Waals surface area contributed by atoms with E-state index in [1.807, 2.05) is 0 Å². The Morgan fingerprint density at radius 2 is 1.52 bits per heavy atom. The average molecular weight is 460 g/mol. The third kappa shape index (κ3) is 6.89. The van der Waals surface area contributed by atoms with Crippen molar-refractivity contribution in [3.05, 3.63) is 78.1 Å². The lowest BCUT2D eigenvalue weighted by Gasteiger charge is -2.13. The molecule has 0 aromatic heterocycles. The molecule has 10 heteroatoms. The zero-order valence-corrected chi connectivity index (χ0v) is 17.3. The van der Waals surface area contributed by atoms with Gasteiger partial charge in [-0.25, -0.2) is 4.39 Å². The minimum absolute atomic E-state index is 0.0327. The van der Waals surface area contributed by atoms with Gasteiger partial charge in [0.1, 0.15) is 11.6 Å². The maximum atomic E-state index is 12.9. The van der Waals surface area contributed by atoms with Crippen LogP contribution in [-0.4, -0.2) is 32.1 Å². The lowest BCUT2D eigenvalue weighted by Crippen LogP contribution is -2.20. The van der Waals surface area contributed by atoms with E-state index in [0.717, 1.165) is 0 Å². The van der Waals surface area contributed by atoms with E-state index >= 15 is 0 Å². The van der Waals surface area contributed by atoms with Crippen LogP contribution in [0.25, 0.3) is 0 Å². The Morgan fingerprint density at radius 3 is 2.15 bits per heavy atom. The summed E-state index contributed by atoms with van der Waals surface area (Å²) < 4.78 is 52.3. The number of alkyl halides is 2. The van der Waals surface area contributed by atoms with E-state index in [2.05, 4.69) is 15.4 Å². The molecule has 0 aliphatic heterocycles. The highest BCUT2D eigenvalue weighted by Gasteiger charge is 2.13. The molecule has 2 amide bonds. The molecular weight excluding hydrogens is 441 g/mol. The number of rotatable bonds is 9. The first-order valence-corrected chi connectivity index (χ1v) is 9.56. The summed E-state index contributed by atoms with van der Waals surface area (Å²) in [5.74, 6) is -0.943. The number of carbonyl (C=O) groups is 2. The molecule has 0 aliphatic rings. The van der Waals surface area contributed by atoms with Crippen LogP contribution in [0, 0.1) is 5.82 Å². The summed E-state index contributed by atoms with van der Waals surface area (Å²) in [6.07, 6.45) is 0. The molecule has 0 aliphatic carbocycles. The summed E-state index contributed by atoms with van der Waals surface area (Å²) in [6, 6.07) is 15.1. The fourth-order valence-corrected chi connectivity index (χ4v) is 2.72. The van der Waals surface area contributed by atoms with E-state index in [4.69, 9.17) is 9.47 Å². The Morgan fingerprint density at radius 1 is 0.879 bits per heavy atom. The van der Waals surface area contributed by atoms with Crippen LogP contribution in [0.1, 0.15) is 10.4 Å². The van der Waals surface area contributed by atoms with Crippen LogP contribution in [-0.2, 0) is 4.79 Å². The van der Waals surface area contributed by atoms with Crippen molar-refractivity contribution in [3.8, 4) is 17.2 Å². The molecule has 0 spiro atoms. The van der Waals surface area contributed by atoms with Crippen molar-refractivity contribution in [2.75, 3.05) is 24.4 Å². The van der Waals surface area contributed by atoms with Crippen molar-refractivity contribution in [2.45, 2.75) is 6.61 Å². The number of ether oxygens (including phenoxy) is 3. The third-order valence-electron chi connectivity index (χ3n) is 4.25. The van der Waals surface area contributed by atoms with E-state index in [1.54, 1.807) is 0 Å². The summed E-state index contributed by atoms with van der Waals surface area (Å²) in [5.41, 5.74) is 1.03. The van der Waals surface area contributed by atoms with Gasteiger partial charge < -0.3 is 24.8 Å². The van der Waals surface area contributed by atoms with Crippen LogP contribution in [0.4, 0.5) is 24.5 Å². The first-order valence-electron chi connectivity index (χ1n) is 9.56. The van der Waals surface area contributed by atoms with Crippen molar-refractivity contribution in [3.63, 3.8) is 0 Å². The minimum Gasteiger partial charge on any atom is -0.493 e. The fourth-order valence-electron chi connectivity index (χ4n) is 2.72. The molecule has 172 valence electrons. The largest absolute Gasteiger partial charge is 0.493 e. The Balaban J connectivity index is 1.59. The number of hydrogen-bond acceptors (Lipinski definition) is 5. The summed E-state index contributed by atoms with van der Waals surface area (Å²) >= 11 is 0. The molecule has 2 N–H and O–H groups in total. The molecule has 0 saturated heterocycles. The lowest BCUT2D eigenvalue weighted by atomic mass is 10.2. The van der Waals surface area contributed by atoms with E-state index in [9.17, 15) is 22.8 Å². The van der Waals surface area contributed by atoms with Crippen LogP contribution in [0.5, 0.6) is 17.2 Å². The van der Waals surface area contributed by atoms with E-state index in [1.165, 1.54) is 73.8 Å². The number of carbonyl (C=O) groups excluding carboxylic acids is 2. The molecule has 7 nitrogen and oxygen atoms in total. The molecule has 0 unspecified atom stereocenters. The number of anilines is 2. The summed E-state index contributed by atoms with van der Waals surface area (Å²) in [4.78, 5) is 24.5. The minimum atomic E-state index is -2.94. The molecule has 0 bridgehead atoms. The zero-order chi connectivity index (χ0) is 23.8. The summed E-state index contributed by atoms with van der Waals surface area (Å²) in [6.45, 7) is -3.28. The molecule has 0 radical (unpaired) electrons. The van der Waals surface area contributed by atoms with E-state index in [0.29, 0.717) is 11.4 Å². The lowest BCUT2D eigenvalue weighted by molar-refractivity contribution is -0.118. The Labute approximate surface area is 187 Å². The van der Waals surface area contributed by atoms with Crippen molar-refractivity contribution >= 4 is 23.2 Å². The number of nitrogens with one attached hydrogen (secondary N) is 2. The second kappa shape index (κ2) is 10.9. The maximum Gasteiger partial charge on any atom is 0.387 e. The van der Waals surface area contributed by atoms with Crippen molar-refractivity contribution in [1.82, 2.24) is 0 Å². The van der Waals surface area contributed by atoms with Gasteiger partial charge in [-0.15, -0.1) is 0 Å². The molecule has 33 heavy (non-hydrogen) atoms. The number of hydrogen-bond donors (Lipinski definition) is 2. The monoisotopic (exact) mass is 460 g/mol. The van der Waals surface area contributed by atoms with Crippen molar-refractivity contribution < 1.29 is 37.0 Å². The van der Waals surface area contributed by atoms with Gasteiger partial charge in [0, 0.05) is 16.9 Å². The second-order valence-corrected chi connectivity index (χ2v) is 6.57. The number of methoxy groups -OCH3 is 1. The Hall–Kier alpha value is -4.21. The highest BCUT2D eigenvalue weighted by atomic mass is 19.3. The quantitative estimate of drug-likeness (QED) is 0.483. The van der Waals surface area contributed by atoms with Gasteiger partial charge in [0.2, 0.25) is 0 Å². The van der Waals surface area contributed by atoms with E-state index < -0.39 is 24.2 Å². The molecule has 3 aromatic carbocycles. The van der Waals surface area contributed by atoms with Crippen molar-refractivity contribution in [1.29, 1.82) is 0 Å². The predicted octanol–water partition coefficient (Wildman–Crippen LogP) is 4.71. The molecular formula is C23H19F3N2O5. The smallest absolute Gasteiger partial charge is 0.387 e. The van der Waals surface area contributed by atoms with Gasteiger partial charge in [0.25, 0.3) is 11.8 Å². The van der Waals surface area contributed by atoms with Gasteiger partial charge in [-0.1, -0.05) is 0 Å². The average Bonchev–Trinajstić information content (AvgIpc) is 2.80. The van der Waals surface area contributed by atoms with Crippen LogP contribution < -0.4 is 24.8 Å². The fraction of sp³-hybridized carbons (Fsp3) is 0.130. The Kier molecular flexibility index (Phi) is 7.74. The molecule has 0 atom stereocenters. The van der Waals surface area contributed by atoms with Crippen LogP contribution in [0.3, 0.4) is 0 Å². The normalized spacial score (nSPS) is 10.5. The van der Waals surface area contributed by atoms with Gasteiger partial charge in [-0.2, -0.15) is 8.78 Å². The van der Waals surface area contributed by atoms with Crippen LogP contribution in [0.15, 0.2) is 66.7 Å². The summed E-state index contributed by atoms with van der Waals surface area (Å²) in [7, 11) is 1.38. The highest BCUT2D eigenvalue weighted by molar-refractivity contribution is 6.04. The topological polar surface area (TPSA) is 85.9 Å². The van der Waals surface area contributed by atoms with Gasteiger partial charge in [0.05, 0.1) is 7.11 Å². The standard InChI is InChI=1S/C23H19F3N2O5/c1-31-20-12-14(22(30)28-17-7-9-18(10-8-17)33-23(25)26)2-11-19(20)32-13-21(29)27-16-5-3-15(24)4-6-16/h2-12,23H,13H2,1H3,(H,27,29)(H,28,30). The first-order chi connectivity index (χ1) is 15.8. The molecule has 0 fully saturated rings. The third-order valence-corrected chi connectivity index (χ3v) is 4.25. The maximum absolute atomic E-state index is 12.9. The van der Waals surface area contributed by atoms with Crippen molar-refractivity contribution in [2.24, 2.45) is 0 Å². The second-order valence-electron chi connectivity index (χ2n) is 6.57. The number of benzene rings is 3. The first kappa shape index (κ1) is 23.5. The van der Waals surface area contributed by atoms with Gasteiger partial charge in [-0.05, 0) is 66.7 Å². The molecule has 0 heterocycles. The van der Waals surface area contributed by atoms with E-state index in [-0.39, 0.29) is 29.4 Å². The van der Waals surface area contributed by atoms with Gasteiger partial charge in [-0.3, -0.25) is 9.59 Å². The number of amides is 2. The van der Waals surface area contributed by atoms with Crippen LogP contribution in [0.2, 0.25) is 0 Å². The van der Waals surface area contributed by atoms with Crippen LogP contribution >= 0.6 is 0 Å². The molecule has 0 saturated carbocycles. The molecule has 3 rings (SSSR count). The Bertz CT molecular complexity index is 1110. The predicted molar refractivity (Wildman–Crippen MR) is 115 cm³/mol. The number of halogens is 3. The summed E-state index contributed by atoms with van der Waals surface area (Å²) in [5, 5.41) is 5.18. The van der Waals surface area contributed by atoms with Gasteiger partial charge in [0.15, 0.2) is 18.1 Å². The SMILES string of the molecule is COc1cc(C(=O)Nc2ccc(OC(F)F)cc2)ccc1OCC(=O)Nc1ccc(F)cc1. The zero-order valence-electron chi connectivity index (χ0n) is 17.3. The molecule has 3 aromatic rings.